The SMILES string of the molecule is C/C=C/C/C=C/NC(=O)CCSCC(=O)NC/C=C/CC. The molecule has 0 radical (unpaired) electrons. The molecule has 118 valence electrons. The summed E-state index contributed by atoms with van der Waals surface area (Å²) in [5.41, 5.74) is 0. The number of carbonyl (C=O) groups is 2. The lowest BCUT2D eigenvalue weighted by Crippen LogP contribution is -2.25. The summed E-state index contributed by atoms with van der Waals surface area (Å²) < 4.78 is 0. The third-order valence-electron chi connectivity index (χ3n) is 2.40. The minimum Gasteiger partial charge on any atom is -0.352 e. The van der Waals surface area contributed by atoms with Crippen LogP contribution >= 0.6 is 11.8 Å². The molecule has 0 saturated heterocycles. The average Bonchev–Trinajstić information content (AvgIpc) is 2.48. The first-order chi connectivity index (χ1) is 10.2. The summed E-state index contributed by atoms with van der Waals surface area (Å²) in [6.45, 7) is 4.58. The summed E-state index contributed by atoms with van der Waals surface area (Å²) in [6.07, 6.45) is 13.7. The number of hydrogen-bond acceptors (Lipinski definition) is 3. The number of nitrogens with one attached hydrogen (secondary N) is 2. The number of carbonyl (C=O) groups excluding carboxylic acids is 2. The Morgan fingerprint density at radius 1 is 1.10 bits per heavy atom. The van der Waals surface area contributed by atoms with Crippen LogP contribution in [0.15, 0.2) is 36.6 Å². The van der Waals surface area contributed by atoms with E-state index in [-0.39, 0.29) is 11.8 Å². The van der Waals surface area contributed by atoms with E-state index >= 15 is 0 Å². The van der Waals surface area contributed by atoms with Crippen LogP contribution in [0.4, 0.5) is 0 Å². The van der Waals surface area contributed by atoms with Gasteiger partial charge >= 0.3 is 0 Å². The van der Waals surface area contributed by atoms with Crippen molar-refractivity contribution in [1.82, 2.24) is 10.6 Å². The minimum atomic E-state index is -0.0227. The van der Waals surface area contributed by atoms with Gasteiger partial charge in [0.2, 0.25) is 11.8 Å². The van der Waals surface area contributed by atoms with Crippen molar-refractivity contribution in [3.05, 3.63) is 36.6 Å². The summed E-state index contributed by atoms with van der Waals surface area (Å²) in [6, 6.07) is 0. The Balaban J connectivity index is 3.52. The van der Waals surface area contributed by atoms with Gasteiger partial charge in [0.1, 0.15) is 0 Å². The maximum atomic E-state index is 11.5. The second-order valence-electron chi connectivity index (χ2n) is 4.26. The highest BCUT2D eigenvalue weighted by molar-refractivity contribution is 7.99. The van der Waals surface area contributed by atoms with Gasteiger partial charge in [0, 0.05) is 24.9 Å². The highest BCUT2D eigenvalue weighted by Gasteiger charge is 2.02. The van der Waals surface area contributed by atoms with Crippen LogP contribution in [0.1, 0.15) is 33.1 Å². The predicted molar refractivity (Wildman–Crippen MR) is 91.1 cm³/mol. The predicted octanol–water partition coefficient (Wildman–Crippen LogP) is 2.79. The molecule has 0 heterocycles. The third-order valence-corrected chi connectivity index (χ3v) is 3.36. The average molecular weight is 310 g/mol. The summed E-state index contributed by atoms with van der Waals surface area (Å²) in [5, 5.41) is 5.50. The second-order valence-corrected chi connectivity index (χ2v) is 5.37. The molecule has 0 atom stereocenters. The third kappa shape index (κ3) is 14.7. The Kier molecular flexibility index (Phi) is 13.9. The lowest BCUT2D eigenvalue weighted by molar-refractivity contribution is -0.120. The van der Waals surface area contributed by atoms with Gasteiger partial charge in [-0.25, -0.2) is 0 Å². The number of thioether (sulfide) groups is 1. The summed E-state index contributed by atoms with van der Waals surface area (Å²) in [5.74, 6) is 1.02. The van der Waals surface area contributed by atoms with Crippen LogP contribution in [0.2, 0.25) is 0 Å². The van der Waals surface area contributed by atoms with Crippen molar-refractivity contribution in [2.45, 2.75) is 33.1 Å². The van der Waals surface area contributed by atoms with Gasteiger partial charge in [-0.2, -0.15) is 11.8 Å². The topological polar surface area (TPSA) is 58.2 Å². The van der Waals surface area contributed by atoms with Gasteiger partial charge in [-0.1, -0.05) is 37.3 Å². The van der Waals surface area contributed by atoms with E-state index in [0.717, 1.165) is 12.8 Å². The van der Waals surface area contributed by atoms with E-state index in [9.17, 15) is 9.59 Å². The van der Waals surface area contributed by atoms with Crippen molar-refractivity contribution in [3.63, 3.8) is 0 Å². The van der Waals surface area contributed by atoms with E-state index in [0.29, 0.717) is 24.5 Å². The zero-order chi connectivity index (χ0) is 15.8. The number of hydrogen-bond donors (Lipinski definition) is 2. The van der Waals surface area contributed by atoms with E-state index in [1.807, 2.05) is 37.3 Å². The maximum absolute atomic E-state index is 11.5. The molecule has 0 aromatic carbocycles. The number of allylic oxidation sites excluding steroid dienone is 4. The van der Waals surface area contributed by atoms with Gasteiger partial charge in [0.15, 0.2) is 0 Å². The molecule has 0 rings (SSSR count). The molecule has 0 fully saturated rings. The van der Waals surface area contributed by atoms with Gasteiger partial charge in [-0.05, 0) is 19.8 Å². The van der Waals surface area contributed by atoms with Gasteiger partial charge in [0.25, 0.3) is 0 Å². The molecule has 0 unspecified atom stereocenters. The molecule has 4 nitrogen and oxygen atoms in total. The van der Waals surface area contributed by atoms with Crippen molar-refractivity contribution in [2.24, 2.45) is 0 Å². The normalized spacial score (nSPS) is 11.5. The van der Waals surface area contributed by atoms with Gasteiger partial charge in [-0.3, -0.25) is 9.59 Å². The van der Waals surface area contributed by atoms with E-state index in [1.54, 1.807) is 6.20 Å². The number of rotatable bonds is 11. The molecule has 0 aliphatic heterocycles. The lowest BCUT2D eigenvalue weighted by atomic mass is 10.4. The molecule has 0 aliphatic rings. The van der Waals surface area contributed by atoms with E-state index in [1.165, 1.54) is 11.8 Å². The highest BCUT2D eigenvalue weighted by atomic mass is 32.2. The van der Waals surface area contributed by atoms with Crippen molar-refractivity contribution < 1.29 is 9.59 Å². The first kappa shape index (κ1) is 19.5. The standard InChI is InChI=1S/C16H26N2O2S/c1-3-5-7-9-12-17-15(19)10-13-21-14-16(20)18-11-8-6-4-2/h3,5-6,8-9,12H,4,7,10-11,13-14H2,1-2H3,(H,17,19)(H,18,20)/b5-3+,8-6+,12-9+. The van der Waals surface area contributed by atoms with Crippen LogP contribution in [-0.4, -0.2) is 29.9 Å². The van der Waals surface area contributed by atoms with Crippen LogP contribution in [0, 0.1) is 0 Å². The summed E-state index contributed by atoms with van der Waals surface area (Å²) >= 11 is 1.47. The summed E-state index contributed by atoms with van der Waals surface area (Å²) in [4.78, 5) is 22.9. The molecule has 0 spiro atoms. The van der Waals surface area contributed by atoms with Gasteiger partial charge < -0.3 is 10.6 Å². The molecule has 0 aliphatic carbocycles. The van der Waals surface area contributed by atoms with E-state index in [4.69, 9.17) is 0 Å². The van der Waals surface area contributed by atoms with Crippen molar-refractivity contribution in [2.75, 3.05) is 18.1 Å². The second kappa shape index (κ2) is 14.9. The monoisotopic (exact) mass is 310 g/mol. The largest absolute Gasteiger partial charge is 0.352 e. The minimum absolute atomic E-state index is 0.00686. The zero-order valence-electron chi connectivity index (χ0n) is 12.9. The van der Waals surface area contributed by atoms with Crippen LogP contribution < -0.4 is 10.6 Å². The Morgan fingerprint density at radius 2 is 1.90 bits per heavy atom. The Hall–Kier alpha value is -1.49. The molecule has 0 aromatic rings. The van der Waals surface area contributed by atoms with Crippen molar-refractivity contribution >= 4 is 23.6 Å². The van der Waals surface area contributed by atoms with Crippen LogP contribution in [0.5, 0.6) is 0 Å². The summed E-state index contributed by atoms with van der Waals surface area (Å²) in [7, 11) is 0. The molecular formula is C16H26N2O2S. The van der Waals surface area contributed by atoms with Crippen LogP contribution in [0.3, 0.4) is 0 Å². The maximum Gasteiger partial charge on any atom is 0.230 e. The molecule has 21 heavy (non-hydrogen) atoms. The molecule has 0 saturated carbocycles. The first-order valence-corrected chi connectivity index (χ1v) is 8.41. The molecular weight excluding hydrogens is 284 g/mol. The first-order valence-electron chi connectivity index (χ1n) is 7.25. The Morgan fingerprint density at radius 3 is 2.62 bits per heavy atom. The van der Waals surface area contributed by atoms with Crippen molar-refractivity contribution in [3.8, 4) is 0 Å². The van der Waals surface area contributed by atoms with Crippen LogP contribution in [-0.2, 0) is 9.59 Å². The Bertz CT molecular complexity index is 376. The fourth-order valence-corrected chi connectivity index (χ4v) is 2.07. The number of amides is 2. The van der Waals surface area contributed by atoms with Crippen molar-refractivity contribution in [1.29, 1.82) is 0 Å². The zero-order valence-corrected chi connectivity index (χ0v) is 13.7. The van der Waals surface area contributed by atoms with Gasteiger partial charge in [0.05, 0.1) is 5.75 Å². The molecule has 0 aromatic heterocycles. The Labute approximate surface area is 132 Å². The smallest absolute Gasteiger partial charge is 0.230 e. The molecule has 5 heteroatoms. The fourth-order valence-electron chi connectivity index (χ4n) is 1.31. The lowest BCUT2D eigenvalue weighted by Gasteiger charge is -2.02. The van der Waals surface area contributed by atoms with Crippen LogP contribution in [0.25, 0.3) is 0 Å². The molecule has 2 amide bonds. The van der Waals surface area contributed by atoms with Gasteiger partial charge in [-0.15, -0.1) is 0 Å². The van der Waals surface area contributed by atoms with E-state index in [2.05, 4.69) is 17.6 Å². The molecule has 0 bridgehead atoms. The quantitative estimate of drug-likeness (QED) is 0.456. The molecule has 2 N–H and O–H groups in total. The van der Waals surface area contributed by atoms with E-state index < -0.39 is 0 Å². The highest BCUT2D eigenvalue weighted by Crippen LogP contribution is 2.01. The fraction of sp³-hybridized carbons (Fsp3) is 0.500.